The molecule has 7 heteroatoms. The molecule has 1 saturated heterocycles. The number of carbonyl (C=O) groups is 1. The maximum absolute atomic E-state index is 13.4. The summed E-state index contributed by atoms with van der Waals surface area (Å²) in [7, 11) is 0. The molecule has 2 aliphatic rings. The van der Waals surface area contributed by atoms with Crippen molar-refractivity contribution in [1.82, 2.24) is 14.7 Å². The van der Waals surface area contributed by atoms with E-state index in [1.165, 1.54) is 35.9 Å². The number of amides is 1. The lowest BCUT2D eigenvalue weighted by atomic mass is 9.94. The van der Waals surface area contributed by atoms with E-state index >= 15 is 0 Å². The Bertz CT molecular complexity index is 1210. The number of aromatic nitrogens is 2. The Hall–Kier alpha value is -2.35. The second kappa shape index (κ2) is 10.5. The Morgan fingerprint density at radius 1 is 1.09 bits per heavy atom. The van der Waals surface area contributed by atoms with Crippen molar-refractivity contribution in [1.29, 1.82) is 0 Å². The third kappa shape index (κ3) is 4.88. The van der Waals surface area contributed by atoms with Gasteiger partial charge in [-0.05, 0) is 48.9 Å². The molecule has 0 atom stereocenters. The van der Waals surface area contributed by atoms with Crippen molar-refractivity contribution in [2.75, 3.05) is 5.75 Å². The molecule has 0 spiro atoms. The van der Waals surface area contributed by atoms with E-state index in [2.05, 4.69) is 31.2 Å². The highest BCUT2D eigenvalue weighted by Crippen LogP contribution is 2.38. The van der Waals surface area contributed by atoms with E-state index in [9.17, 15) is 4.79 Å². The van der Waals surface area contributed by atoms with Crippen molar-refractivity contribution in [2.45, 2.75) is 50.0 Å². The number of carbonyl (C=O) groups excluding carboxylic acids is 1. The van der Waals surface area contributed by atoms with Gasteiger partial charge in [0, 0.05) is 28.3 Å². The first-order valence-electron chi connectivity index (χ1n) is 11.8. The van der Waals surface area contributed by atoms with Gasteiger partial charge in [-0.25, -0.2) is 4.68 Å². The van der Waals surface area contributed by atoms with Gasteiger partial charge in [0.1, 0.15) is 4.32 Å². The van der Waals surface area contributed by atoms with Crippen LogP contribution in [-0.2, 0) is 4.79 Å². The summed E-state index contributed by atoms with van der Waals surface area (Å²) in [5.41, 5.74) is 3.80. The molecule has 3 aromatic rings. The second-order valence-electron chi connectivity index (χ2n) is 8.51. The van der Waals surface area contributed by atoms with Gasteiger partial charge in [0.05, 0.1) is 16.3 Å². The minimum atomic E-state index is 0.0370. The number of hydrogen-bond acceptors (Lipinski definition) is 5. The first kappa shape index (κ1) is 23.4. The van der Waals surface area contributed by atoms with Crippen LogP contribution in [-0.4, -0.2) is 36.7 Å². The van der Waals surface area contributed by atoms with Crippen LogP contribution in [0.15, 0.2) is 70.6 Å². The molecule has 2 fully saturated rings. The highest BCUT2D eigenvalue weighted by molar-refractivity contribution is 8.26. The Balaban J connectivity index is 1.52. The van der Waals surface area contributed by atoms with Gasteiger partial charge < -0.3 is 0 Å². The summed E-state index contributed by atoms with van der Waals surface area (Å²) in [6, 6.07) is 18.8. The largest absolute Gasteiger partial charge is 0.290 e. The molecule has 174 valence electrons. The fourth-order valence-corrected chi connectivity index (χ4v) is 6.63. The molecule has 1 amide bonds. The highest BCUT2D eigenvalue weighted by atomic mass is 32.2. The minimum absolute atomic E-state index is 0.0370. The molecular formula is C27H27N3OS3. The molecule has 1 saturated carbocycles. The summed E-state index contributed by atoms with van der Waals surface area (Å²) >= 11 is 8.88. The number of para-hydroxylation sites is 1. The topological polar surface area (TPSA) is 38.1 Å². The standard InChI is InChI=1S/C27H27N3OS3/c1-2-33-23-15-13-19(14-16-23)25-20(18-29(28-25)21-9-5-3-6-10-21)17-24-26(31)30(27(32)34-24)22-11-7-4-8-12-22/h3,5-6,9-10,13-18,22H,2,4,7-8,11-12H2,1H3/b24-17-. The average molecular weight is 506 g/mol. The van der Waals surface area contributed by atoms with Crippen LogP contribution >= 0.6 is 35.7 Å². The van der Waals surface area contributed by atoms with Crippen molar-refractivity contribution in [3.63, 3.8) is 0 Å². The fraction of sp³-hybridized carbons (Fsp3) is 0.296. The summed E-state index contributed by atoms with van der Waals surface area (Å²) < 4.78 is 2.57. The summed E-state index contributed by atoms with van der Waals surface area (Å²) in [4.78, 5) is 17.2. The first-order chi connectivity index (χ1) is 16.6. The smallest absolute Gasteiger partial charge is 0.266 e. The molecule has 2 heterocycles. The van der Waals surface area contributed by atoms with Gasteiger partial charge in [-0.15, -0.1) is 11.8 Å². The predicted molar refractivity (Wildman–Crippen MR) is 147 cm³/mol. The van der Waals surface area contributed by atoms with E-state index in [1.807, 2.05) is 63.9 Å². The number of hydrogen-bond donors (Lipinski definition) is 0. The number of nitrogens with zero attached hydrogens (tertiary/aromatic N) is 3. The molecule has 0 N–H and O–H groups in total. The van der Waals surface area contributed by atoms with Crippen LogP contribution < -0.4 is 0 Å². The molecule has 4 nitrogen and oxygen atoms in total. The molecule has 1 aromatic heterocycles. The third-order valence-corrected chi connectivity index (χ3v) is 8.48. The Morgan fingerprint density at radius 2 is 1.82 bits per heavy atom. The molecule has 0 bridgehead atoms. The monoisotopic (exact) mass is 505 g/mol. The van der Waals surface area contributed by atoms with Crippen molar-refractivity contribution < 1.29 is 4.79 Å². The third-order valence-electron chi connectivity index (χ3n) is 6.25. The SMILES string of the molecule is CCSc1ccc(-c2nn(-c3ccccc3)cc2/C=C2\SC(=S)N(C3CCCCC3)C2=O)cc1. The van der Waals surface area contributed by atoms with Gasteiger partial charge in [-0.2, -0.15) is 5.10 Å². The normalized spacial score (nSPS) is 18.3. The quantitative estimate of drug-likeness (QED) is 0.201. The molecular weight excluding hydrogens is 479 g/mol. The number of benzene rings is 2. The summed E-state index contributed by atoms with van der Waals surface area (Å²) in [6.45, 7) is 2.15. The van der Waals surface area contributed by atoms with Crippen LogP contribution in [0.5, 0.6) is 0 Å². The number of thioether (sulfide) groups is 2. The zero-order chi connectivity index (χ0) is 23.5. The number of thiocarbonyl (C=S) groups is 1. The molecule has 1 aliphatic heterocycles. The zero-order valence-corrected chi connectivity index (χ0v) is 21.6. The predicted octanol–water partition coefficient (Wildman–Crippen LogP) is 7.19. The van der Waals surface area contributed by atoms with Crippen LogP contribution in [0, 0.1) is 0 Å². The highest BCUT2D eigenvalue weighted by Gasteiger charge is 2.37. The van der Waals surface area contributed by atoms with Gasteiger partial charge in [0.25, 0.3) is 5.91 Å². The maximum atomic E-state index is 13.4. The maximum Gasteiger partial charge on any atom is 0.266 e. The lowest BCUT2D eigenvalue weighted by Gasteiger charge is -2.29. The fourth-order valence-electron chi connectivity index (χ4n) is 4.58. The molecule has 1 aliphatic carbocycles. The molecule has 5 rings (SSSR count). The van der Waals surface area contributed by atoms with E-state index in [4.69, 9.17) is 17.3 Å². The minimum Gasteiger partial charge on any atom is -0.290 e. The summed E-state index contributed by atoms with van der Waals surface area (Å²) in [6.07, 6.45) is 9.64. The molecule has 2 aromatic carbocycles. The second-order valence-corrected chi connectivity index (χ2v) is 11.5. The molecule has 0 radical (unpaired) electrons. The van der Waals surface area contributed by atoms with Crippen molar-refractivity contribution in [2.24, 2.45) is 0 Å². The van der Waals surface area contributed by atoms with E-state index in [0.717, 1.165) is 41.1 Å². The van der Waals surface area contributed by atoms with Crippen LogP contribution in [0.4, 0.5) is 0 Å². The van der Waals surface area contributed by atoms with Crippen molar-refractivity contribution >= 4 is 52.0 Å². The van der Waals surface area contributed by atoms with E-state index in [1.54, 1.807) is 0 Å². The van der Waals surface area contributed by atoms with Gasteiger partial charge in [-0.3, -0.25) is 9.69 Å². The Kier molecular flexibility index (Phi) is 7.23. The first-order valence-corrected chi connectivity index (χ1v) is 14.0. The van der Waals surface area contributed by atoms with Gasteiger partial charge in [-0.1, -0.05) is 80.5 Å². The van der Waals surface area contributed by atoms with Crippen molar-refractivity contribution in [3.8, 4) is 16.9 Å². The van der Waals surface area contributed by atoms with Gasteiger partial charge >= 0.3 is 0 Å². The van der Waals surface area contributed by atoms with Crippen molar-refractivity contribution in [3.05, 3.63) is 71.3 Å². The van der Waals surface area contributed by atoms with Gasteiger partial charge in [0.15, 0.2) is 0 Å². The summed E-state index contributed by atoms with van der Waals surface area (Å²) in [5.74, 6) is 1.07. The average Bonchev–Trinajstić information content (AvgIpc) is 3.41. The van der Waals surface area contributed by atoms with E-state index < -0.39 is 0 Å². The van der Waals surface area contributed by atoms with E-state index in [0.29, 0.717) is 9.23 Å². The van der Waals surface area contributed by atoms with Gasteiger partial charge in [0.2, 0.25) is 0 Å². The van der Waals surface area contributed by atoms with Crippen LogP contribution in [0.3, 0.4) is 0 Å². The molecule has 34 heavy (non-hydrogen) atoms. The van der Waals surface area contributed by atoms with E-state index in [-0.39, 0.29) is 11.9 Å². The van der Waals surface area contributed by atoms with Crippen LogP contribution in [0.25, 0.3) is 23.0 Å². The lowest BCUT2D eigenvalue weighted by molar-refractivity contribution is -0.124. The molecule has 0 unspecified atom stereocenters. The number of rotatable bonds is 6. The van der Waals surface area contributed by atoms with Crippen LogP contribution in [0.2, 0.25) is 0 Å². The Labute approximate surface area is 214 Å². The summed E-state index contributed by atoms with van der Waals surface area (Å²) in [5, 5.41) is 4.92. The lowest BCUT2D eigenvalue weighted by Crippen LogP contribution is -2.39. The van der Waals surface area contributed by atoms with Crippen LogP contribution in [0.1, 0.15) is 44.6 Å². The zero-order valence-electron chi connectivity index (χ0n) is 19.1. The Morgan fingerprint density at radius 3 is 2.53 bits per heavy atom.